The number of hydrogen-bond donors (Lipinski definition) is 0. The van der Waals surface area contributed by atoms with E-state index in [2.05, 4.69) is 90.1 Å². The monoisotopic (exact) mass is 834 g/mol. The highest BCUT2D eigenvalue weighted by Crippen LogP contribution is 2.38. The minimum Gasteiger partial charge on any atom is -0.438 e. The molecule has 11 rings (SSSR count). The van der Waals surface area contributed by atoms with E-state index in [1.54, 1.807) is 6.20 Å². The number of fused-ring (bicyclic) bond motifs is 6. The van der Waals surface area contributed by atoms with Gasteiger partial charge in [-0.1, -0.05) is 103 Å². The molecule has 1 aliphatic rings. The molecule has 0 N–H and O–H groups in total. The summed E-state index contributed by atoms with van der Waals surface area (Å²) in [7, 11) is -0.439. The Balaban J connectivity index is 0.000000125. The van der Waals surface area contributed by atoms with E-state index in [-0.39, 0.29) is 11.2 Å². The highest BCUT2D eigenvalue weighted by atomic mass is 35.5. The molecule has 7 heterocycles. The molecule has 10 aromatic rings. The van der Waals surface area contributed by atoms with Crippen LogP contribution in [-0.2, 0) is 9.31 Å². The minimum atomic E-state index is -0.439. The summed E-state index contributed by atoms with van der Waals surface area (Å²) in [5, 5.41) is 4.69. The molecule has 1 saturated heterocycles. The zero-order valence-corrected chi connectivity index (χ0v) is 36.1. The molecule has 0 aliphatic carbocycles. The van der Waals surface area contributed by atoms with Crippen LogP contribution in [0.2, 0.25) is 5.15 Å². The highest BCUT2D eigenvalue weighted by Gasteiger charge is 2.52. The lowest BCUT2D eigenvalue weighted by molar-refractivity contribution is 0.00578. The Labute approximate surface area is 365 Å². The van der Waals surface area contributed by atoms with Crippen molar-refractivity contribution in [2.24, 2.45) is 0 Å². The molecule has 0 radical (unpaired) electrons. The van der Waals surface area contributed by atoms with Gasteiger partial charge >= 0.3 is 7.12 Å². The molecule has 0 unspecified atom stereocenters. The van der Waals surface area contributed by atoms with Gasteiger partial charge in [0.2, 0.25) is 11.4 Å². The predicted octanol–water partition coefficient (Wildman–Crippen LogP) is 13.0. The second-order valence-corrected chi connectivity index (χ2v) is 16.7. The van der Waals surface area contributed by atoms with Crippen LogP contribution >= 0.6 is 11.6 Å². The number of aryl methyl sites for hydroxylation is 2. The van der Waals surface area contributed by atoms with E-state index in [1.807, 2.05) is 123 Å². The van der Waals surface area contributed by atoms with Crippen molar-refractivity contribution in [2.45, 2.75) is 52.7 Å². The van der Waals surface area contributed by atoms with Crippen LogP contribution in [0, 0.1) is 13.8 Å². The molecular formula is C52H44BClN4O4. The Morgan fingerprint density at radius 3 is 1.58 bits per heavy atom. The molecule has 10 heteroatoms. The number of furan rings is 2. The Bertz CT molecular complexity index is 3190. The van der Waals surface area contributed by atoms with Crippen LogP contribution in [0.3, 0.4) is 0 Å². The fourth-order valence-corrected chi connectivity index (χ4v) is 7.70. The third-order valence-corrected chi connectivity index (χ3v) is 11.7. The Hall–Kier alpha value is -6.65. The number of pyridine rings is 4. The van der Waals surface area contributed by atoms with Crippen LogP contribution < -0.4 is 5.46 Å². The average molecular weight is 835 g/mol. The Morgan fingerprint density at radius 2 is 1.00 bits per heavy atom. The third-order valence-electron chi connectivity index (χ3n) is 11.5. The summed E-state index contributed by atoms with van der Waals surface area (Å²) in [4.78, 5) is 17.5. The number of para-hydroxylation sites is 2. The van der Waals surface area contributed by atoms with Crippen molar-refractivity contribution in [3.05, 3.63) is 175 Å². The first-order chi connectivity index (χ1) is 29.9. The number of benzene rings is 4. The van der Waals surface area contributed by atoms with Gasteiger partial charge in [0.05, 0.1) is 16.9 Å². The smallest absolute Gasteiger partial charge is 0.438 e. The molecule has 1 fully saturated rings. The van der Waals surface area contributed by atoms with Crippen molar-refractivity contribution in [1.82, 2.24) is 19.9 Å². The minimum absolute atomic E-state index is 0.374. The van der Waals surface area contributed by atoms with E-state index in [9.17, 15) is 0 Å². The number of hydrogen-bond acceptors (Lipinski definition) is 8. The summed E-state index contributed by atoms with van der Waals surface area (Å²) in [6.07, 6.45) is 3.56. The summed E-state index contributed by atoms with van der Waals surface area (Å²) in [5.41, 5.74) is 11.4. The molecule has 306 valence electrons. The van der Waals surface area contributed by atoms with Crippen molar-refractivity contribution >= 4 is 68.3 Å². The topological polar surface area (TPSA) is 96.3 Å². The Morgan fingerprint density at radius 1 is 0.484 bits per heavy atom. The maximum Gasteiger partial charge on any atom is 0.498 e. The fraction of sp³-hybridized carbons (Fsp3) is 0.154. The number of aromatic nitrogens is 4. The normalized spacial score (nSPS) is 14.1. The lowest BCUT2D eigenvalue weighted by Gasteiger charge is -2.32. The molecule has 6 aromatic heterocycles. The quantitative estimate of drug-likeness (QED) is 0.128. The first-order valence-electron chi connectivity index (χ1n) is 20.6. The summed E-state index contributed by atoms with van der Waals surface area (Å²) in [5.74, 6) is 0. The van der Waals surface area contributed by atoms with Gasteiger partial charge in [0, 0.05) is 56.4 Å². The van der Waals surface area contributed by atoms with Gasteiger partial charge < -0.3 is 18.1 Å². The van der Waals surface area contributed by atoms with Gasteiger partial charge in [-0.05, 0) is 118 Å². The maximum absolute atomic E-state index is 6.18. The zero-order valence-electron chi connectivity index (χ0n) is 35.4. The van der Waals surface area contributed by atoms with Crippen LogP contribution in [-0.4, -0.2) is 38.3 Å². The second-order valence-electron chi connectivity index (χ2n) is 16.3. The zero-order chi connectivity index (χ0) is 43.0. The van der Waals surface area contributed by atoms with E-state index in [0.717, 1.165) is 77.5 Å². The molecule has 8 nitrogen and oxygen atoms in total. The van der Waals surface area contributed by atoms with Crippen LogP contribution in [0.25, 0.3) is 77.6 Å². The summed E-state index contributed by atoms with van der Waals surface area (Å²) >= 11 is 5.78. The van der Waals surface area contributed by atoms with Crippen molar-refractivity contribution < 1.29 is 18.1 Å². The van der Waals surface area contributed by atoms with Gasteiger partial charge in [-0.2, -0.15) is 0 Å². The van der Waals surface area contributed by atoms with Crippen LogP contribution in [0.1, 0.15) is 39.1 Å². The van der Waals surface area contributed by atoms with Gasteiger partial charge in [0.15, 0.2) is 0 Å². The molecule has 0 amide bonds. The predicted molar refractivity (Wildman–Crippen MR) is 252 cm³/mol. The van der Waals surface area contributed by atoms with Crippen LogP contribution in [0.5, 0.6) is 0 Å². The molecule has 62 heavy (non-hydrogen) atoms. The molecule has 0 bridgehead atoms. The number of halogens is 1. The van der Waals surface area contributed by atoms with Gasteiger partial charge in [0.25, 0.3) is 0 Å². The van der Waals surface area contributed by atoms with E-state index < -0.39 is 7.12 Å². The highest BCUT2D eigenvalue weighted by molar-refractivity contribution is 6.65. The molecule has 0 saturated carbocycles. The summed E-state index contributed by atoms with van der Waals surface area (Å²) < 4.78 is 24.5. The second kappa shape index (κ2) is 16.7. The molecule has 0 atom stereocenters. The van der Waals surface area contributed by atoms with Gasteiger partial charge in [-0.25, -0.2) is 15.0 Å². The van der Waals surface area contributed by atoms with Gasteiger partial charge in [-0.3, -0.25) is 4.98 Å². The Kier molecular flexibility index (Phi) is 11.0. The van der Waals surface area contributed by atoms with Crippen molar-refractivity contribution in [3.63, 3.8) is 0 Å². The van der Waals surface area contributed by atoms with Crippen LogP contribution in [0.15, 0.2) is 167 Å². The first-order valence-corrected chi connectivity index (χ1v) is 20.9. The molecule has 0 spiro atoms. The van der Waals surface area contributed by atoms with Crippen LogP contribution in [0.4, 0.5) is 0 Å². The van der Waals surface area contributed by atoms with Gasteiger partial charge in [0.1, 0.15) is 16.3 Å². The van der Waals surface area contributed by atoms with Crippen molar-refractivity contribution in [3.8, 4) is 33.5 Å². The molecule has 4 aromatic carbocycles. The van der Waals surface area contributed by atoms with Gasteiger partial charge in [-0.15, -0.1) is 0 Å². The largest absolute Gasteiger partial charge is 0.498 e. The summed E-state index contributed by atoms with van der Waals surface area (Å²) in [6.45, 7) is 12.1. The van der Waals surface area contributed by atoms with Crippen molar-refractivity contribution in [1.29, 1.82) is 0 Å². The molecular weight excluding hydrogens is 791 g/mol. The fourth-order valence-electron chi connectivity index (χ4n) is 7.52. The maximum atomic E-state index is 6.18. The third kappa shape index (κ3) is 8.10. The lowest BCUT2D eigenvalue weighted by atomic mass is 9.78. The van der Waals surface area contributed by atoms with Crippen molar-refractivity contribution in [2.75, 3.05) is 0 Å². The lowest BCUT2D eigenvalue weighted by Crippen LogP contribution is -2.41. The average Bonchev–Trinajstić information content (AvgIpc) is 3.91. The van der Waals surface area contributed by atoms with E-state index >= 15 is 0 Å². The van der Waals surface area contributed by atoms with E-state index in [4.69, 9.17) is 29.7 Å². The SMILES string of the molecule is Cc1ccc2c(n1)oc1c(-c3cc(-c4ccccc4)ccn3)cccc12.Cc1ccc2c(n1)oc1c(B3OC(C)(C)C(C)(C)O3)cccc12.Clc1cc(-c2ccccc2)ccn1. The standard InChI is InChI=1S/C23H16N2O.C18H20BNO3.C11H8ClN/c1-15-10-11-19-18-8-5-9-20(22(18)26-23(19)25-15)21-14-17(12-13-24-21)16-6-3-2-4-7-16;1-11-9-10-13-12-7-6-8-14(15(12)21-16(13)20-11)19-22-17(2,3)18(4,5)23-19;12-11-8-10(6-7-13-11)9-4-2-1-3-5-9/h2-14H,1H3;6-10H,1-5H3;1-8H. The first kappa shape index (κ1) is 40.7. The number of rotatable bonds is 4. The van der Waals surface area contributed by atoms with E-state index in [1.165, 1.54) is 5.56 Å². The summed E-state index contributed by atoms with van der Waals surface area (Å²) in [6, 6.07) is 48.7. The molecule has 1 aliphatic heterocycles. The van der Waals surface area contributed by atoms with E-state index in [0.29, 0.717) is 16.6 Å². The number of nitrogens with zero attached hydrogens (tertiary/aromatic N) is 4.